The van der Waals surface area contributed by atoms with Crippen molar-refractivity contribution < 1.29 is 4.79 Å². The van der Waals surface area contributed by atoms with Gasteiger partial charge in [-0.25, -0.2) is 0 Å². The van der Waals surface area contributed by atoms with Gasteiger partial charge in [0, 0.05) is 38.4 Å². The average Bonchev–Trinajstić information content (AvgIpc) is 2.71. The Bertz CT molecular complexity index is 400. The van der Waals surface area contributed by atoms with Crippen LogP contribution in [0.15, 0.2) is 24.3 Å². The maximum atomic E-state index is 11.8. The molecular formula is C13H19N3O. The number of amides is 1. The summed E-state index contributed by atoms with van der Waals surface area (Å²) >= 11 is 0. The molecule has 1 unspecified atom stereocenters. The van der Waals surface area contributed by atoms with E-state index in [0.717, 1.165) is 17.9 Å². The number of rotatable bonds is 3. The van der Waals surface area contributed by atoms with Crippen LogP contribution in [0.25, 0.3) is 0 Å². The lowest BCUT2D eigenvalue weighted by Gasteiger charge is -2.18. The highest BCUT2D eigenvalue weighted by atomic mass is 16.2. The quantitative estimate of drug-likeness (QED) is 0.849. The normalized spacial score (nSPS) is 19.8. The third-order valence-corrected chi connectivity index (χ3v) is 3.22. The van der Waals surface area contributed by atoms with Gasteiger partial charge < -0.3 is 15.5 Å². The SMILES string of the molecule is CN(C)c1ccc(N2CC(CN)CC2=O)cc1. The van der Waals surface area contributed by atoms with E-state index in [9.17, 15) is 4.79 Å². The highest BCUT2D eigenvalue weighted by molar-refractivity contribution is 5.95. The Hall–Kier alpha value is -1.55. The largest absolute Gasteiger partial charge is 0.378 e. The van der Waals surface area contributed by atoms with Crippen LogP contribution in [0.2, 0.25) is 0 Å². The van der Waals surface area contributed by atoms with E-state index in [0.29, 0.717) is 18.9 Å². The van der Waals surface area contributed by atoms with Gasteiger partial charge in [-0.15, -0.1) is 0 Å². The summed E-state index contributed by atoms with van der Waals surface area (Å²) in [5, 5.41) is 0. The van der Waals surface area contributed by atoms with E-state index in [4.69, 9.17) is 5.73 Å². The summed E-state index contributed by atoms with van der Waals surface area (Å²) in [7, 11) is 4.00. The molecule has 2 rings (SSSR count). The van der Waals surface area contributed by atoms with Gasteiger partial charge in [0.25, 0.3) is 0 Å². The lowest BCUT2D eigenvalue weighted by Crippen LogP contribution is -2.25. The van der Waals surface area contributed by atoms with Crippen LogP contribution in [0.4, 0.5) is 11.4 Å². The number of anilines is 2. The summed E-state index contributed by atoms with van der Waals surface area (Å²) in [5.41, 5.74) is 7.72. The van der Waals surface area contributed by atoms with Crippen LogP contribution < -0.4 is 15.5 Å². The van der Waals surface area contributed by atoms with Crippen molar-refractivity contribution in [1.29, 1.82) is 0 Å². The Kier molecular flexibility index (Phi) is 3.33. The molecule has 0 saturated carbocycles. The van der Waals surface area contributed by atoms with Gasteiger partial charge in [0.05, 0.1) is 0 Å². The molecule has 0 radical (unpaired) electrons. The lowest BCUT2D eigenvalue weighted by molar-refractivity contribution is -0.117. The van der Waals surface area contributed by atoms with Crippen molar-refractivity contribution in [1.82, 2.24) is 0 Å². The number of benzene rings is 1. The van der Waals surface area contributed by atoms with Gasteiger partial charge in [-0.05, 0) is 36.7 Å². The van der Waals surface area contributed by atoms with Gasteiger partial charge in [0.1, 0.15) is 0 Å². The summed E-state index contributed by atoms with van der Waals surface area (Å²) in [4.78, 5) is 15.7. The molecule has 1 aliphatic heterocycles. The van der Waals surface area contributed by atoms with Gasteiger partial charge in [-0.1, -0.05) is 0 Å². The molecule has 0 aliphatic carbocycles. The second kappa shape index (κ2) is 4.75. The maximum absolute atomic E-state index is 11.8. The molecule has 2 N–H and O–H groups in total. The van der Waals surface area contributed by atoms with Gasteiger partial charge in [0.2, 0.25) is 5.91 Å². The fourth-order valence-corrected chi connectivity index (χ4v) is 2.12. The Morgan fingerprint density at radius 3 is 2.47 bits per heavy atom. The minimum atomic E-state index is 0.179. The first-order valence-electron chi connectivity index (χ1n) is 5.89. The predicted octanol–water partition coefficient (Wildman–Crippen LogP) is 1.06. The Labute approximate surface area is 102 Å². The highest BCUT2D eigenvalue weighted by Gasteiger charge is 2.29. The number of nitrogens with two attached hydrogens (primary N) is 1. The standard InChI is InChI=1S/C13H19N3O/c1-15(2)11-3-5-12(6-4-11)16-9-10(8-14)7-13(16)17/h3-6,10H,7-9,14H2,1-2H3. The lowest BCUT2D eigenvalue weighted by atomic mass is 10.1. The summed E-state index contributed by atoms with van der Waals surface area (Å²) in [6.07, 6.45) is 0.575. The molecule has 4 heteroatoms. The zero-order valence-electron chi connectivity index (χ0n) is 10.4. The molecule has 0 spiro atoms. The molecule has 17 heavy (non-hydrogen) atoms. The zero-order chi connectivity index (χ0) is 12.4. The second-order valence-corrected chi connectivity index (χ2v) is 4.72. The van der Waals surface area contributed by atoms with Crippen molar-refractivity contribution >= 4 is 17.3 Å². The number of hydrogen-bond donors (Lipinski definition) is 1. The molecule has 1 fully saturated rings. The highest BCUT2D eigenvalue weighted by Crippen LogP contribution is 2.26. The van der Waals surface area contributed by atoms with Crippen LogP contribution in [-0.4, -0.2) is 33.1 Å². The number of hydrogen-bond acceptors (Lipinski definition) is 3. The second-order valence-electron chi connectivity index (χ2n) is 4.72. The zero-order valence-corrected chi connectivity index (χ0v) is 10.4. The smallest absolute Gasteiger partial charge is 0.227 e. The molecular weight excluding hydrogens is 214 g/mol. The molecule has 92 valence electrons. The molecule has 0 aromatic heterocycles. The van der Waals surface area contributed by atoms with Crippen LogP contribution >= 0.6 is 0 Å². The Balaban J connectivity index is 2.15. The van der Waals surface area contributed by atoms with E-state index in [2.05, 4.69) is 0 Å². The van der Waals surface area contributed by atoms with E-state index < -0.39 is 0 Å². The van der Waals surface area contributed by atoms with Crippen molar-refractivity contribution in [3.63, 3.8) is 0 Å². The van der Waals surface area contributed by atoms with Crippen LogP contribution in [0, 0.1) is 5.92 Å². The third-order valence-electron chi connectivity index (χ3n) is 3.22. The first-order valence-corrected chi connectivity index (χ1v) is 5.89. The topological polar surface area (TPSA) is 49.6 Å². The van der Waals surface area contributed by atoms with Crippen molar-refractivity contribution in [2.45, 2.75) is 6.42 Å². The number of carbonyl (C=O) groups is 1. The maximum Gasteiger partial charge on any atom is 0.227 e. The van der Waals surface area contributed by atoms with Crippen LogP contribution in [0.3, 0.4) is 0 Å². The Morgan fingerprint density at radius 1 is 1.35 bits per heavy atom. The van der Waals surface area contributed by atoms with Crippen molar-refractivity contribution in [3.8, 4) is 0 Å². The predicted molar refractivity (Wildman–Crippen MR) is 70.3 cm³/mol. The summed E-state index contributed by atoms with van der Waals surface area (Å²) in [6, 6.07) is 8.04. The fraction of sp³-hybridized carbons (Fsp3) is 0.462. The molecule has 0 bridgehead atoms. The number of carbonyl (C=O) groups excluding carboxylic acids is 1. The molecule has 1 atom stereocenters. The minimum Gasteiger partial charge on any atom is -0.378 e. The van der Waals surface area contributed by atoms with Gasteiger partial charge >= 0.3 is 0 Å². The minimum absolute atomic E-state index is 0.179. The molecule has 1 aromatic carbocycles. The molecule has 1 aliphatic rings. The van der Waals surface area contributed by atoms with Gasteiger partial charge in [-0.3, -0.25) is 4.79 Å². The van der Waals surface area contributed by atoms with Gasteiger partial charge in [-0.2, -0.15) is 0 Å². The van der Waals surface area contributed by atoms with Crippen LogP contribution in [0.5, 0.6) is 0 Å². The molecule has 4 nitrogen and oxygen atoms in total. The summed E-state index contributed by atoms with van der Waals surface area (Å²) < 4.78 is 0. The first-order chi connectivity index (χ1) is 8.11. The van der Waals surface area contributed by atoms with Crippen molar-refractivity contribution in [2.24, 2.45) is 11.7 Å². The molecule has 1 aromatic rings. The van der Waals surface area contributed by atoms with E-state index in [1.807, 2.05) is 48.2 Å². The molecule has 1 amide bonds. The van der Waals surface area contributed by atoms with E-state index in [1.54, 1.807) is 0 Å². The first kappa shape index (κ1) is 11.9. The number of nitrogens with zero attached hydrogens (tertiary/aromatic N) is 2. The Morgan fingerprint density at radius 2 is 2.00 bits per heavy atom. The van der Waals surface area contributed by atoms with Crippen LogP contribution in [-0.2, 0) is 4.79 Å². The third kappa shape index (κ3) is 2.42. The summed E-state index contributed by atoms with van der Waals surface area (Å²) in [6.45, 7) is 1.33. The van der Waals surface area contributed by atoms with E-state index >= 15 is 0 Å². The fourth-order valence-electron chi connectivity index (χ4n) is 2.12. The summed E-state index contributed by atoms with van der Waals surface area (Å²) in [5.74, 6) is 0.481. The van der Waals surface area contributed by atoms with Crippen LogP contribution in [0.1, 0.15) is 6.42 Å². The molecule has 1 saturated heterocycles. The van der Waals surface area contributed by atoms with E-state index in [1.165, 1.54) is 0 Å². The average molecular weight is 233 g/mol. The molecule has 1 heterocycles. The van der Waals surface area contributed by atoms with Crippen molar-refractivity contribution in [2.75, 3.05) is 37.0 Å². The van der Waals surface area contributed by atoms with Gasteiger partial charge in [0.15, 0.2) is 0 Å². The monoisotopic (exact) mass is 233 g/mol. The van der Waals surface area contributed by atoms with Crippen molar-refractivity contribution in [3.05, 3.63) is 24.3 Å². The van der Waals surface area contributed by atoms with E-state index in [-0.39, 0.29) is 5.91 Å².